The van der Waals surface area contributed by atoms with Gasteiger partial charge in [0.2, 0.25) is 0 Å². The normalized spacial score (nSPS) is 17.1. The number of hydrogen-bond acceptors (Lipinski definition) is 6. The molecule has 7 nitrogen and oxygen atoms in total. The van der Waals surface area contributed by atoms with Crippen molar-refractivity contribution in [3.05, 3.63) is 90.5 Å². The third-order valence-electron chi connectivity index (χ3n) is 5.14. The first-order chi connectivity index (χ1) is 16.0. The summed E-state index contributed by atoms with van der Waals surface area (Å²) in [4.78, 5) is 27.2. The van der Waals surface area contributed by atoms with Crippen LogP contribution in [0.15, 0.2) is 79.4 Å². The number of carbonyl (C=O) groups is 2. The van der Waals surface area contributed by atoms with Crippen LogP contribution in [0, 0.1) is 0 Å². The highest BCUT2D eigenvalue weighted by Gasteiger charge is 2.45. The summed E-state index contributed by atoms with van der Waals surface area (Å²) in [6.07, 6.45) is 3.27. The minimum atomic E-state index is -0.759. The zero-order valence-corrected chi connectivity index (χ0v) is 18.5. The molecule has 1 heterocycles. The number of methoxy groups -OCH3 is 1. The molecule has 0 spiro atoms. The van der Waals surface area contributed by atoms with Gasteiger partial charge >= 0.3 is 0 Å². The fraction of sp³-hybridized carbons (Fsp3) is 0.231. The van der Waals surface area contributed by atoms with Crippen molar-refractivity contribution >= 4 is 17.4 Å². The lowest BCUT2D eigenvalue weighted by Gasteiger charge is -2.25. The van der Waals surface area contributed by atoms with E-state index in [-0.39, 0.29) is 24.5 Å². The SMILES string of the molecule is C=CCOc1ccc(C(O)=C2C(=O)C(=O)N(CCOC)[C@@H]2c2ccc(OCC=C)cc2)cc1. The molecule has 2 aromatic carbocycles. The summed E-state index contributed by atoms with van der Waals surface area (Å²) in [6.45, 7) is 8.39. The van der Waals surface area contributed by atoms with Crippen molar-refractivity contribution in [2.24, 2.45) is 0 Å². The largest absolute Gasteiger partial charge is 0.507 e. The lowest BCUT2D eigenvalue weighted by atomic mass is 9.95. The molecule has 7 heteroatoms. The van der Waals surface area contributed by atoms with Crippen LogP contribution in [0.5, 0.6) is 11.5 Å². The Hall–Kier alpha value is -3.84. The minimum Gasteiger partial charge on any atom is -0.507 e. The Bertz CT molecular complexity index is 1040. The summed E-state index contributed by atoms with van der Waals surface area (Å²) in [7, 11) is 1.52. The molecule has 0 aromatic heterocycles. The highest BCUT2D eigenvalue weighted by Crippen LogP contribution is 2.39. The Morgan fingerprint density at radius 2 is 1.52 bits per heavy atom. The van der Waals surface area contributed by atoms with Crippen LogP contribution < -0.4 is 9.47 Å². The highest BCUT2D eigenvalue weighted by molar-refractivity contribution is 6.46. The molecule has 3 rings (SSSR count). The van der Waals surface area contributed by atoms with Gasteiger partial charge in [0, 0.05) is 19.2 Å². The molecule has 33 heavy (non-hydrogen) atoms. The number of nitrogens with zero attached hydrogens (tertiary/aromatic N) is 1. The van der Waals surface area contributed by atoms with Gasteiger partial charge in [-0.3, -0.25) is 9.59 Å². The Labute approximate surface area is 193 Å². The molecular weight excluding hydrogens is 422 g/mol. The second kappa shape index (κ2) is 11.2. The minimum absolute atomic E-state index is 0.0237. The van der Waals surface area contributed by atoms with Crippen LogP contribution in [-0.2, 0) is 14.3 Å². The van der Waals surface area contributed by atoms with Gasteiger partial charge in [-0.1, -0.05) is 37.4 Å². The molecule has 1 amide bonds. The van der Waals surface area contributed by atoms with Gasteiger partial charge in [0.05, 0.1) is 18.2 Å². The lowest BCUT2D eigenvalue weighted by molar-refractivity contribution is -0.140. The van der Waals surface area contributed by atoms with Crippen molar-refractivity contribution in [1.29, 1.82) is 0 Å². The van der Waals surface area contributed by atoms with Gasteiger partial charge in [0.25, 0.3) is 11.7 Å². The molecule has 1 N–H and O–H groups in total. The number of ether oxygens (including phenoxy) is 3. The number of aliphatic hydroxyl groups excluding tert-OH is 1. The van der Waals surface area contributed by atoms with Crippen LogP contribution in [0.3, 0.4) is 0 Å². The van der Waals surface area contributed by atoms with E-state index >= 15 is 0 Å². The Morgan fingerprint density at radius 1 is 0.970 bits per heavy atom. The summed E-state index contributed by atoms with van der Waals surface area (Å²) in [5.74, 6) is -0.453. The van der Waals surface area contributed by atoms with Gasteiger partial charge in [-0.15, -0.1) is 0 Å². The Balaban J connectivity index is 2.02. The number of Topliss-reactive ketones (excluding diaryl/α,β-unsaturated/α-hetero) is 1. The monoisotopic (exact) mass is 449 g/mol. The molecule has 1 saturated heterocycles. The molecule has 0 bridgehead atoms. The number of benzene rings is 2. The maximum absolute atomic E-state index is 13.0. The molecular formula is C26H27NO6. The van der Waals surface area contributed by atoms with E-state index in [0.717, 1.165) is 0 Å². The molecule has 1 atom stereocenters. The number of amides is 1. The molecule has 0 saturated carbocycles. The molecule has 1 aliphatic heterocycles. The average Bonchev–Trinajstić information content (AvgIpc) is 3.10. The van der Waals surface area contributed by atoms with Gasteiger partial charge in [0.15, 0.2) is 0 Å². The Morgan fingerprint density at radius 3 is 2.03 bits per heavy atom. The number of aliphatic hydroxyl groups is 1. The standard InChI is InChI=1S/C26H27NO6/c1-4-15-32-20-10-6-18(7-11-20)23-22(25(29)26(30)27(23)14-17-31-3)24(28)19-8-12-21(13-9-19)33-16-5-2/h4-13,23,28H,1-2,14-17H2,3H3/t23-/m1/s1. The molecule has 0 unspecified atom stereocenters. The smallest absolute Gasteiger partial charge is 0.295 e. The molecule has 0 aliphatic carbocycles. The second-order valence-electron chi connectivity index (χ2n) is 7.28. The first-order valence-electron chi connectivity index (χ1n) is 10.5. The van der Waals surface area contributed by atoms with Crippen molar-refractivity contribution in [3.8, 4) is 11.5 Å². The number of carbonyl (C=O) groups excluding carboxylic acids is 2. The van der Waals surface area contributed by atoms with E-state index in [1.54, 1.807) is 60.7 Å². The first-order valence-corrected chi connectivity index (χ1v) is 10.5. The fourth-order valence-electron chi connectivity index (χ4n) is 3.57. The lowest BCUT2D eigenvalue weighted by Crippen LogP contribution is -2.32. The third kappa shape index (κ3) is 5.32. The Kier molecular flexibility index (Phi) is 8.05. The van der Waals surface area contributed by atoms with Crippen LogP contribution >= 0.6 is 0 Å². The van der Waals surface area contributed by atoms with Crippen molar-refractivity contribution in [3.63, 3.8) is 0 Å². The van der Waals surface area contributed by atoms with Crippen LogP contribution in [0.4, 0.5) is 0 Å². The average molecular weight is 450 g/mol. The van der Waals surface area contributed by atoms with E-state index in [2.05, 4.69) is 13.2 Å². The van der Waals surface area contributed by atoms with Crippen LogP contribution in [-0.4, -0.2) is 55.2 Å². The van der Waals surface area contributed by atoms with Crippen LogP contribution in [0.2, 0.25) is 0 Å². The van der Waals surface area contributed by atoms with Gasteiger partial charge in [-0.05, 0) is 42.0 Å². The van der Waals surface area contributed by atoms with Gasteiger partial charge < -0.3 is 24.2 Å². The molecule has 1 fully saturated rings. The molecule has 2 aromatic rings. The molecule has 172 valence electrons. The maximum Gasteiger partial charge on any atom is 0.295 e. The zero-order chi connectivity index (χ0) is 23.8. The van der Waals surface area contributed by atoms with Gasteiger partial charge in [-0.25, -0.2) is 0 Å². The van der Waals surface area contributed by atoms with Crippen LogP contribution in [0.1, 0.15) is 17.2 Å². The third-order valence-corrected chi connectivity index (χ3v) is 5.14. The summed E-state index contributed by atoms with van der Waals surface area (Å²) >= 11 is 0. The second-order valence-corrected chi connectivity index (χ2v) is 7.28. The van der Waals surface area contributed by atoms with Crippen molar-refractivity contribution in [1.82, 2.24) is 4.90 Å². The predicted octanol–water partition coefficient (Wildman–Crippen LogP) is 3.88. The highest BCUT2D eigenvalue weighted by atomic mass is 16.5. The number of likely N-dealkylation sites (tertiary alicyclic amines) is 1. The first kappa shape index (κ1) is 23.8. The summed E-state index contributed by atoms with van der Waals surface area (Å²) in [5.41, 5.74) is 1.10. The predicted molar refractivity (Wildman–Crippen MR) is 125 cm³/mol. The number of hydrogen-bond donors (Lipinski definition) is 1. The van der Waals surface area contributed by atoms with E-state index in [1.807, 2.05) is 0 Å². The fourth-order valence-corrected chi connectivity index (χ4v) is 3.57. The summed E-state index contributed by atoms with van der Waals surface area (Å²) in [5, 5.41) is 11.1. The number of ketones is 1. The van der Waals surface area contributed by atoms with Crippen molar-refractivity contribution in [2.45, 2.75) is 6.04 Å². The molecule has 1 aliphatic rings. The van der Waals surface area contributed by atoms with E-state index < -0.39 is 17.7 Å². The van der Waals surface area contributed by atoms with E-state index in [4.69, 9.17) is 14.2 Å². The van der Waals surface area contributed by atoms with E-state index in [1.165, 1.54) is 12.0 Å². The summed E-state index contributed by atoms with van der Waals surface area (Å²) in [6, 6.07) is 12.9. The van der Waals surface area contributed by atoms with Crippen molar-refractivity contribution in [2.75, 3.05) is 33.5 Å². The topological polar surface area (TPSA) is 85.3 Å². The quantitative estimate of drug-likeness (QED) is 0.243. The zero-order valence-electron chi connectivity index (χ0n) is 18.5. The maximum atomic E-state index is 13.0. The van der Waals surface area contributed by atoms with E-state index in [0.29, 0.717) is 35.8 Å². The van der Waals surface area contributed by atoms with Crippen LogP contribution in [0.25, 0.3) is 5.76 Å². The van der Waals surface area contributed by atoms with Crippen molar-refractivity contribution < 1.29 is 28.9 Å². The van der Waals surface area contributed by atoms with Gasteiger partial charge in [0.1, 0.15) is 30.5 Å². The number of rotatable bonds is 11. The van der Waals surface area contributed by atoms with E-state index in [9.17, 15) is 14.7 Å². The van der Waals surface area contributed by atoms with Gasteiger partial charge in [-0.2, -0.15) is 0 Å². The molecule has 0 radical (unpaired) electrons. The summed E-state index contributed by atoms with van der Waals surface area (Å²) < 4.78 is 16.1.